The number of hydrogen-bond donors (Lipinski definition) is 1. The fourth-order valence-electron chi connectivity index (χ4n) is 3.36. The highest BCUT2D eigenvalue weighted by molar-refractivity contribution is 7.99. The Kier molecular flexibility index (Phi) is 7.03. The Balaban J connectivity index is 1.69. The molecule has 3 rings (SSSR count). The molecule has 29 heavy (non-hydrogen) atoms. The Bertz CT molecular complexity index is 901. The Morgan fingerprint density at radius 3 is 2.90 bits per heavy atom. The van der Waals surface area contributed by atoms with Gasteiger partial charge in [0.1, 0.15) is 5.82 Å². The van der Waals surface area contributed by atoms with Crippen molar-refractivity contribution in [1.82, 2.24) is 25.0 Å². The van der Waals surface area contributed by atoms with Gasteiger partial charge in [-0.05, 0) is 25.0 Å². The van der Waals surface area contributed by atoms with E-state index in [2.05, 4.69) is 22.1 Å². The van der Waals surface area contributed by atoms with E-state index in [4.69, 9.17) is 0 Å². The van der Waals surface area contributed by atoms with E-state index < -0.39 is 0 Å². The maximum Gasteiger partial charge on any atom is 0.233 e. The molecule has 1 fully saturated rings. The highest BCUT2D eigenvalue weighted by Gasteiger charge is 2.25. The average molecular weight is 418 g/mol. The van der Waals surface area contributed by atoms with Gasteiger partial charge >= 0.3 is 0 Å². The summed E-state index contributed by atoms with van der Waals surface area (Å²) in [5.41, 5.74) is 0.356. The van der Waals surface area contributed by atoms with E-state index in [1.807, 2.05) is 0 Å². The van der Waals surface area contributed by atoms with Crippen molar-refractivity contribution in [2.75, 3.05) is 18.8 Å². The number of piperidine rings is 1. The van der Waals surface area contributed by atoms with Crippen LogP contribution in [0.1, 0.15) is 19.8 Å². The molecule has 1 unspecified atom stereocenters. The molecule has 2 aromatic rings. The van der Waals surface area contributed by atoms with Gasteiger partial charge in [0, 0.05) is 32.6 Å². The molecule has 1 aromatic carbocycles. The number of nitrogens with one attached hydrogen (secondary N) is 1. The average Bonchev–Trinajstić information content (AvgIpc) is 3.09. The fourth-order valence-corrected chi connectivity index (χ4v) is 4.21. The number of rotatable bonds is 7. The minimum atomic E-state index is -0.379. The van der Waals surface area contributed by atoms with Crippen molar-refractivity contribution >= 4 is 23.6 Å². The second kappa shape index (κ2) is 9.69. The Hall–Kier alpha value is -2.68. The number of carbonyl (C=O) groups is 2. The molecule has 0 aliphatic carbocycles. The summed E-state index contributed by atoms with van der Waals surface area (Å²) in [6.45, 7) is 6.82. The molecule has 0 bridgehead atoms. The number of allylic oxidation sites excluding steroid dienone is 1. The van der Waals surface area contributed by atoms with Crippen LogP contribution in [0.15, 0.2) is 42.1 Å². The first kappa shape index (κ1) is 21.0. The van der Waals surface area contributed by atoms with Crippen LogP contribution in [0.3, 0.4) is 0 Å². The van der Waals surface area contributed by atoms with Gasteiger partial charge in [0.05, 0.1) is 11.3 Å². The predicted molar refractivity (Wildman–Crippen MR) is 110 cm³/mol. The molecule has 1 aliphatic heterocycles. The first-order valence-electron chi connectivity index (χ1n) is 9.46. The lowest BCUT2D eigenvalue weighted by Gasteiger charge is -2.33. The van der Waals surface area contributed by atoms with Crippen LogP contribution in [0.2, 0.25) is 0 Å². The molecule has 1 atom stereocenters. The lowest BCUT2D eigenvalue weighted by molar-refractivity contribution is -0.130. The number of nitrogens with zero attached hydrogens (tertiary/aromatic N) is 4. The number of halogens is 1. The second-order valence-corrected chi connectivity index (χ2v) is 7.80. The summed E-state index contributed by atoms with van der Waals surface area (Å²) in [6, 6.07) is 6.37. The van der Waals surface area contributed by atoms with E-state index in [-0.39, 0.29) is 29.4 Å². The topological polar surface area (TPSA) is 80.1 Å². The van der Waals surface area contributed by atoms with Crippen LogP contribution in [-0.4, -0.2) is 56.4 Å². The molecule has 2 heterocycles. The van der Waals surface area contributed by atoms with Crippen LogP contribution < -0.4 is 5.32 Å². The molecule has 7 nitrogen and oxygen atoms in total. The van der Waals surface area contributed by atoms with Crippen molar-refractivity contribution in [3.05, 3.63) is 42.7 Å². The Morgan fingerprint density at radius 2 is 2.17 bits per heavy atom. The molecule has 1 saturated heterocycles. The van der Waals surface area contributed by atoms with Crippen molar-refractivity contribution in [3.63, 3.8) is 0 Å². The fraction of sp³-hybridized carbons (Fsp3) is 0.400. The Labute approximate surface area is 173 Å². The zero-order valence-electron chi connectivity index (χ0n) is 16.3. The zero-order chi connectivity index (χ0) is 20.8. The van der Waals surface area contributed by atoms with Gasteiger partial charge in [-0.3, -0.25) is 14.2 Å². The van der Waals surface area contributed by atoms with E-state index in [1.54, 1.807) is 33.7 Å². The number of thioether (sulfide) groups is 1. The van der Waals surface area contributed by atoms with Crippen LogP contribution in [-0.2, 0) is 16.1 Å². The van der Waals surface area contributed by atoms with Crippen LogP contribution in [0.5, 0.6) is 0 Å². The molecule has 2 amide bonds. The summed E-state index contributed by atoms with van der Waals surface area (Å²) < 4.78 is 15.9. The molecule has 1 N–H and O–H groups in total. The van der Waals surface area contributed by atoms with Gasteiger partial charge in [0.25, 0.3) is 0 Å². The lowest BCUT2D eigenvalue weighted by atomic mass is 10.1. The van der Waals surface area contributed by atoms with Gasteiger partial charge in [0.2, 0.25) is 11.8 Å². The largest absolute Gasteiger partial charge is 0.352 e. The molecular formula is C20H24FN5O2S. The number of hydrogen-bond acceptors (Lipinski definition) is 5. The quantitative estimate of drug-likeness (QED) is 0.553. The monoisotopic (exact) mass is 417 g/mol. The third kappa shape index (κ3) is 5.23. The van der Waals surface area contributed by atoms with Gasteiger partial charge in [-0.25, -0.2) is 4.39 Å². The smallest absolute Gasteiger partial charge is 0.233 e. The van der Waals surface area contributed by atoms with Gasteiger partial charge in [0.15, 0.2) is 11.0 Å². The van der Waals surface area contributed by atoms with Gasteiger partial charge < -0.3 is 10.2 Å². The first-order chi connectivity index (χ1) is 14.0. The van der Waals surface area contributed by atoms with Gasteiger partial charge in [-0.2, -0.15) is 0 Å². The third-order valence-corrected chi connectivity index (χ3v) is 5.60. The van der Waals surface area contributed by atoms with E-state index in [1.165, 1.54) is 24.8 Å². The van der Waals surface area contributed by atoms with E-state index >= 15 is 0 Å². The summed E-state index contributed by atoms with van der Waals surface area (Å²) in [5, 5.41) is 11.7. The normalized spacial score (nSPS) is 16.5. The van der Waals surface area contributed by atoms with Crippen LogP contribution in [0.4, 0.5) is 4.39 Å². The van der Waals surface area contributed by atoms with Crippen LogP contribution in [0, 0.1) is 5.82 Å². The summed E-state index contributed by atoms with van der Waals surface area (Å²) in [7, 11) is 0. The molecule has 9 heteroatoms. The lowest BCUT2D eigenvalue weighted by Crippen LogP contribution is -2.49. The molecular weight excluding hydrogens is 393 g/mol. The number of aromatic nitrogens is 3. The van der Waals surface area contributed by atoms with E-state index in [9.17, 15) is 14.0 Å². The number of likely N-dealkylation sites (tertiary alicyclic amines) is 1. The molecule has 0 spiro atoms. The maximum absolute atomic E-state index is 14.2. The van der Waals surface area contributed by atoms with Gasteiger partial charge in [-0.15, -0.1) is 16.8 Å². The SMILES string of the molecule is C=CCn1c(SCC(=O)N2CCCC(NC(C)=O)C2)nnc1-c1ccccc1F. The highest BCUT2D eigenvalue weighted by Crippen LogP contribution is 2.26. The van der Waals surface area contributed by atoms with Crippen LogP contribution in [0.25, 0.3) is 11.4 Å². The second-order valence-electron chi connectivity index (χ2n) is 6.85. The van der Waals surface area contributed by atoms with E-state index in [0.29, 0.717) is 36.2 Å². The predicted octanol–water partition coefficient (Wildman–Crippen LogP) is 2.49. The summed E-state index contributed by atoms with van der Waals surface area (Å²) >= 11 is 1.27. The molecule has 1 aliphatic rings. The number of carbonyl (C=O) groups excluding carboxylic acids is 2. The molecule has 0 radical (unpaired) electrons. The molecule has 0 saturated carbocycles. The number of amides is 2. The van der Waals surface area contributed by atoms with Gasteiger partial charge in [-0.1, -0.05) is 30.0 Å². The molecule has 154 valence electrons. The number of benzene rings is 1. The minimum absolute atomic E-state index is 0.00715. The zero-order valence-corrected chi connectivity index (χ0v) is 17.1. The van der Waals surface area contributed by atoms with Crippen molar-refractivity contribution in [2.45, 2.75) is 37.5 Å². The van der Waals surface area contributed by atoms with Crippen molar-refractivity contribution in [2.24, 2.45) is 0 Å². The third-order valence-electron chi connectivity index (χ3n) is 4.65. The standard InChI is InChI=1S/C20H24FN5O2S/c1-3-10-26-19(16-8-4-5-9-17(16)21)23-24-20(26)29-13-18(28)25-11-6-7-15(12-25)22-14(2)27/h3-5,8-9,15H,1,6-7,10-13H2,2H3,(H,22,27). The molecule has 1 aromatic heterocycles. The summed E-state index contributed by atoms with van der Waals surface area (Å²) in [6.07, 6.45) is 3.41. The van der Waals surface area contributed by atoms with Crippen molar-refractivity contribution < 1.29 is 14.0 Å². The Morgan fingerprint density at radius 1 is 1.38 bits per heavy atom. The minimum Gasteiger partial charge on any atom is -0.352 e. The maximum atomic E-state index is 14.2. The summed E-state index contributed by atoms with van der Waals surface area (Å²) in [4.78, 5) is 25.7. The first-order valence-corrected chi connectivity index (χ1v) is 10.4. The van der Waals surface area contributed by atoms with Crippen molar-refractivity contribution in [1.29, 1.82) is 0 Å². The van der Waals surface area contributed by atoms with E-state index in [0.717, 1.165) is 12.8 Å². The highest BCUT2D eigenvalue weighted by atomic mass is 32.2. The van der Waals surface area contributed by atoms with Crippen LogP contribution >= 0.6 is 11.8 Å². The van der Waals surface area contributed by atoms with Crippen molar-refractivity contribution in [3.8, 4) is 11.4 Å². The summed E-state index contributed by atoms with van der Waals surface area (Å²) in [5.74, 6) is 0.110.